The fourth-order valence-corrected chi connectivity index (χ4v) is 1.77. The molecule has 0 spiro atoms. The summed E-state index contributed by atoms with van der Waals surface area (Å²) in [6.45, 7) is 1.96. The molecule has 0 fully saturated rings. The maximum atomic E-state index is 13.3. The molecule has 0 bridgehead atoms. The molecule has 0 radical (unpaired) electrons. The number of carbonyl (C=O) groups excluding carboxylic acids is 1. The molecule has 0 saturated carbocycles. The molecule has 2 aromatic rings. The molecule has 0 aliphatic carbocycles. The lowest BCUT2D eigenvalue weighted by Crippen LogP contribution is -2.13. The topological polar surface area (TPSA) is 68.0 Å². The molecular formula is C16H14FN3O. The van der Waals surface area contributed by atoms with Gasteiger partial charge in [0.2, 0.25) is 0 Å². The first-order chi connectivity index (χ1) is 10.1. The van der Waals surface area contributed by atoms with Gasteiger partial charge in [0, 0.05) is 5.56 Å². The second-order valence-corrected chi connectivity index (χ2v) is 4.39. The SMILES string of the molecule is Cc1cc(F)cc(C(=O)Nc2cccc(C#CCN)n2)c1. The average molecular weight is 283 g/mol. The molecule has 1 amide bonds. The second kappa shape index (κ2) is 6.64. The predicted octanol–water partition coefficient (Wildman–Crippen LogP) is 2.09. The van der Waals surface area contributed by atoms with E-state index in [0.29, 0.717) is 17.1 Å². The van der Waals surface area contributed by atoms with Crippen LogP contribution in [0.5, 0.6) is 0 Å². The van der Waals surface area contributed by atoms with Gasteiger partial charge in [-0.1, -0.05) is 12.0 Å². The van der Waals surface area contributed by atoms with E-state index in [1.54, 1.807) is 31.2 Å². The van der Waals surface area contributed by atoms with Crippen LogP contribution >= 0.6 is 0 Å². The van der Waals surface area contributed by atoms with Crippen molar-refractivity contribution in [1.82, 2.24) is 4.98 Å². The van der Waals surface area contributed by atoms with Crippen LogP contribution in [0, 0.1) is 24.6 Å². The first-order valence-electron chi connectivity index (χ1n) is 6.33. The van der Waals surface area contributed by atoms with E-state index in [2.05, 4.69) is 22.1 Å². The Morgan fingerprint density at radius 1 is 1.38 bits per heavy atom. The predicted molar refractivity (Wildman–Crippen MR) is 79.3 cm³/mol. The molecule has 4 nitrogen and oxygen atoms in total. The van der Waals surface area contributed by atoms with Crippen LogP contribution < -0.4 is 11.1 Å². The van der Waals surface area contributed by atoms with Crippen molar-refractivity contribution in [2.75, 3.05) is 11.9 Å². The molecule has 5 heteroatoms. The minimum absolute atomic E-state index is 0.237. The average Bonchev–Trinajstić information content (AvgIpc) is 2.44. The third-order valence-corrected chi connectivity index (χ3v) is 2.61. The maximum Gasteiger partial charge on any atom is 0.256 e. The van der Waals surface area contributed by atoms with Crippen LogP contribution in [0.25, 0.3) is 0 Å². The Kier molecular flexibility index (Phi) is 4.64. The van der Waals surface area contributed by atoms with Crippen molar-refractivity contribution in [3.8, 4) is 11.8 Å². The Hall–Kier alpha value is -2.71. The van der Waals surface area contributed by atoms with Gasteiger partial charge in [-0.3, -0.25) is 4.79 Å². The van der Waals surface area contributed by atoms with Gasteiger partial charge in [0.1, 0.15) is 17.3 Å². The zero-order valence-electron chi connectivity index (χ0n) is 11.5. The first kappa shape index (κ1) is 14.7. The summed E-state index contributed by atoms with van der Waals surface area (Å²) in [6.07, 6.45) is 0. The van der Waals surface area contributed by atoms with Crippen LogP contribution in [0.2, 0.25) is 0 Å². The molecule has 2 rings (SSSR count). The normalized spacial score (nSPS) is 9.67. The Balaban J connectivity index is 2.19. The Morgan fingerprint density at radius 3 is 2.90 bits per heavy atom. The summed E-state index contributed by atoms with van der Waals surface area (Å²) in [4.78, 5) is 16.2. The third kappa shape index (κ3) is 4.13. The van der Waals surface area contributed by atoms with Gasteiger partial charge in [0.05, 0.1) is 6.54 Å². The standard InChI is InChI=1S/C16H14FN3O/c1-11-8-12(10-13(17)9-11)16(21)20-15-6-2-4-14(19-15)5-3-7-18/h2,4,6,8-10H,7,18H2,1H3,(H,19,20,21). The van der Waals surface area contributed by atoms with Crippen molar-refractivity contribution in [2.24, 2.45) is 5.73 Å². The molecule has 1 heterocycles. The smallest absolute Gasteiger partial charge is 0.256 e. The number of hydrogen-bond donors (Lipinski definition) is 2. The van der Waals surface area contributed by atoms with E-state index in [-0.39, 0.29) is 12.1 Å². The van der Waals surface area contributed by atoms with E-state index < -0.39 is 11.7 Å². The molecule has 3 N–H and O–H groups in total. The van der Waals surface area contributed by atoms with Gasteiger partial charge in [0.15, 0.2) is 0 Å². The largest absolute Gasteiger partial charge is 0.320 e. The van der Waals surface area contributed by atoms with E-state index in [0.717, 1.165) is 0 Å². The highest BCUT2D eigenvalue weighted by Gasteiger charge is 2.09. The van der Waals surface area contributed by atoms with E-state index in [4.69, 9.17) is 5.73 Å². The Morgan fingerprint density at radius 2 is 2.19 bits per heavy atom. The quantitative estimate of drug-likeness (QED) is 0.829. The number of nitrogens with one attached hydrogen (secondary N) is 1. The number of nitrogens with two attached hydrogens (primary N) is 1. The van der Waals surface area contributed by atoms with Gasteiger partial charge < -0.3 is 11.1 Å². The molecular weight excluding hydrogens is 269 g/mol. The van der Waals surface area contributed by atoms with Crippen LogP contribution in [-0.4, -0.2) is 17.4 Å². The van der Waals surface area contributed by atoms with E-state index in [1.165, 1.54) is 12.1 Å². The summed E-state index contributed by atoms with van der Waals surface area (Å²) in [7, 11) is 0. The van der Waals surface area contributed by atoms with Crippen LogP contribution in [0.3, 0.4) is 0 Å². The number of benzene rings is 1. The molecule has 1 aromatic carbocycles. The number of halogens is 1. The van der Waals surface area contributed by atoms with E-state index in [9.17, 15) is 9.18 Å². The molecule has 1 aromatic heterocycles. The Labute approximate surface area is 122 Å². The molecule has 0 atom stereocenters. The van der Waals surface area contributed by atoms with Gasteiger partial charge >= 0.3 is 0 Å². The molecule has 0 aliphatic rings. The number of carbonyl (C=O) groups is 1. The highest BCUT2D eigenvalue weighted by molar-refractivity contribution is 6.03. The third-order valence-electron chi connectivity index (χ3n) is 2.61. The number of aromatic nitrogens is 1. The van der Waals surface area contributed by atoms with Crippen LogP contribution in [0.1, 0.15) is 21.6 Å². The summed E-state index contributed by atoms with van der Waals surface area (Å²) in [5.74, 6) is 4.95. The van der Waals surface area contributed by atoms with Gasteiger partial charge in [-0.15, -0.1) is 0 Å². The summed E-state index contributed by atoms with van der Waals surface area (Å²) in [6, 6.07) is 9.22. The fraction of sp³-hybridized carbons (Fsp3) is 0.125. The number of amides is 1. The van der Waals surface area contributed by atoms with Crippen molar-refractivity contribution in [2.45, 2.75) is 6.92 Å². The van der Waals surface area contributed by atoms with Crippen molar-refractivity contribution in [1.29, 1.82) is 0 Å². The van der Waals surface area contributed by atoms with Gasteiger partial charge in [-0.25, -0.2) is 9.37 Å². The van der Waals surface area contributed by atoms with Crippen molar-refractivity contribution >= 4 is 11.7 Å². The number of nitrogens with zero attached hydrogens (tertiary/aromatic N) is 1. The van der Waals surface area contributed by atoms with Gasteiger partial charge in [-0.05, 0) is 48.7 Å². The first-order valence-corrected chi connectivity index (χ1v) is 6.33. The van der Waals surface area contributed by atoms with Crippen molar-refractivity contribution in [3.05, 3.63) is 59.0 Å². The zero-order chi connectivity index (χ0) is 15.2. The summed E-state index contributed by atoms with van der Waals surface area (Å²) in [5, 5.41) is 2.61. The highest BCUT2D eigenvalue weighted by Crippen LogP contribution is 2.11. The van der Waals surface area contributed by atoms with E-state index in [1.807, 2.05) is 0 Å². The van der Waals surface area contributed by atoms with Crippen molar-refractivity contribution in [3.63, 3.8) is 0 Å². The molecule has 0 saturated heterocycles. The lowest BCUT2D eigenvalue weighted by molar-refractivity contribution is 0.102. The molecule has 0 aliphatic heterocycles. The second-order valence-electron chi connectivity index (χ2n) is 4.39. The van der Waals surface area contributed by atoms with Crippen molar-refractivity contribution < 1.29 is 9.18 Å². The highest BCUT2D eigenvalue weighted by atomic mass is 19.1. The molecule has 0 unspecified atom stereocenters. The zero-order valence-corrected chi connectivity index (χ0v) is 11.5. The minimum atomic E-state index is -0.448. The van der Waals surface area contributed by atoms with Crippen LogP contribution in [0.4, 0.5) is 10.2 Å². The number of anilines is 1. The fourth-order valence-electron chi connectivity index (χ4n) is 1.77. The molecule has 21 heavy (non-hydrogen) atoms. The number of pyridine rings is 1. The summed E-state index contributed by atoms with van der Waals surface area (Å²) < 4.78 is 13.3. The maximum absolute atomic E-state index is 13.3. The summed E-state index contributed by atoms with van der Waals surface area (Å²) >= 11 is 0. The monoisotopic (exact) mass is 283 g/mol. The minimum Gasteiger partial charge on any atom is -0.320 e. The lowest BCUT2D eigenvalue weighted by Gasteiger charge is -2.06. The van der Waals surface area contributed by atoms with Crippen LogP contribution in [-0.2, 0) is 0 Å². The number of aryl methyl sites for hydroxylation is 1. The van der Waals surface area contributed by atoms with Gasteiger partial charge in [-0.2, -0.15) is 0 Å². The molecule has 106 valence electrons. The lowest BCUT2D eigenvalue weighted by atomic mass is 10.1. The number of rotatable bonds is 2. The number of hydrogen-bond acceptors (Lipinski definition) is 3. The Bertz CT molecular complexity index is 712. The summed E-state index contributed by atoms with van der Waals surface area (Å²) in [5.41, 5.74) is 6.72. The van der Waals surface area contributed by atoms with E-state index >= 15 is 0 Å². The van der Waals surface area contributed by atoms with Gasteiger partial charge in [0.25, 0.3) is 5.91 Å². The van der Waals surface area contributed by atoms with Crippen LogP contribution in [0.15, 0.2) is 36.4 Å².